The average molecular weight is 280 g/mol. The molecule has 0 fully saturated rings. The Balaban J connectivity index is 2.53. The summed E-state index contributed by atoms with van der Waals surface area (Å²) in [5.74, 6) is 0.296. The van der Waals surface area contributed by atoms with Crippen molar-refractivity contribution in [2.45, 2.75) is 20.3 Å². The maximum Gasteiger partial charge on any atom is 0.167 e. The quantitative estimate of drug-likeness (QED) is 0.841. The second kappa shape index (κ2) is 4.42. The van der Waals surface area contributed by atoms with Crippen LogP contribution in [0.1, 0.15) is 30.6 Å². The molecule has 3 heteroatoms. The van der Waals surface area contributed by atoms with Crippen LogP contribution in [0.2, 0.25) is 0 Å². The highest BCUT2D eigenvalue weighted by Crippen LogP contribution is 2.25. The normalized spacial score (nSPS) is 12.9. The van der Waals surface area contributed by atoms with Crippen molar-refractivity contribution in [3.8, 4) is 0 Å². The molecule has 1 heterocycles. The van der Waals surface area contributed by atoms with Gasteiger partial charge in [0.2, 0.25) is 0 Å². The zero-order chi connectivity index (χ0) is 11.7. The van der Waals surface area contributed by atoms with Crippen LogP contribution in [0, 0.1) is 5.92 Å². The van der Waals surface area contributed by atoms with Crippen molar-refractivity contribution in [1.82, 2.24) is 4.98 Å². The third kappa shape index (κ3) is 1.92. The Kier molecular flexibility index (Phi) is 3.15. The van der Waals surface area contributed by atoms with E-state index < -0.39 is 0 Å². The number of aromatic nitrogens is 1. The number of aromatic amines is 1. The standard InChI is InChI=1S/C13H14BrNO/c1-3-8(2)13(16)11-7-15-12-5-4-9(14)6-10(11)12/h4-8,15H,3H2,1-2H3. The molecule has 1 atom stereocenters. The number of halogens is 1. The number of Topliss-reactive ketones (excluding diaryl/α,β-unsaturated/α-hetero) is 1. The highest BCUT2D eigenvalue weighted by atomic mass is 79.9. The van der Waals surface area contributed by atoms with Crippen LogP contribution in [0.4, 0.5) is 0 Å². The van der Waals surface area contributed by atoms with Crippen LogP contribution in [0.15, 0.2) is 28.9 Å². The predicted octanol–water partition coefficient (Wildman–Crippen LogP) is 4.16. The Labute approximate surface area is 103 Å². The first-order valence-corrected chi connectivity index (χ1v) is 6.23. The SMILES string of the molecule is CCC(C)C(=O)c1c[nH]c2ccc(Br)cc12. The Morgan fingerprint density at radius 1 is 1.50 bits per heavy atom. The molecule has 0 saturated heterocycles. The molecule has 0 aliphatic rings. The van der Waals surface area contributed by atoms with E-state index in [2.05, 4.69) is 20.9 Å². The summed E-state index contributed by atoms with van der Waals surface area (Å²) >= 11 is 3.43. The van der Waals surface area contributed by atoms with E-state index in [1.165, 1.54) is 0 Å². The summed E-state index contributed by atoms with van der Waals surface area (Å²) in [6.07, 6.45) is 2.69. The molecular weight excluding hydrogens is 266 g/mol. The summed E-state index contributed by atoms with van der Waals surface area (Å²) in [5.41, 5.74) is 1.81. The molecule has 0 amide bonds. The molecule has 0 bridgehead atoms. The minimum absolute atomic E-state index is 0.0815. The van der Waals surface area contributed by atoms with E-state index in [1.54, 1.807) is 0 Å². The smallest absolute Gasteiger partial charge is 0.167 e. The van der Waals surface area contributed by atoms with Gasteiger partial charge in [0.1, 0.15) is 0 Å². The molecule has 1 aromatic heterocycles. The maximum atomic E-state index is 12.1. The summed E-state index contributed by atoms with van der Waals surface area (Å²) in [4.78, 5) is 15.3. The number of carbonyl (C=O) groups is 1. The van der Waals surface area contributed by atoms with E-state index in [0.29, 0.717) is 0 Å². The summed E-state index contributed by atoms with van der Waals surface area (Å²) < 4.78 is 0.998. The van der Waals surface area contributed by atoms with E-state index in [9.17, 15) is 4.79 Å². The fourth-order valence-electron chi connectivity index (χ4n) is 1.75. The molecule has 2 aromatic rings. The van der Waals surface area contributed by atoms with Crippen LogP contribution in [0.25, 0.3) is 10.9 Å². The average Bonchev–Trinajstić information content (AvgIpc) is 2.69. The summed E-state index contributed by atoms with van der Waals surface area (Å²) in [5, 5.41) is 1.000. The van der Waals surface area contributed by atoms with Crippen molar-refractivity contribution < 1.29 is 4.79 Å². The molecule has 1 N–H and O–H groups in total. The van der Waals surface area contributed by atoms with E-state index in [-0.39, 0.29) is 11.7 Å². The van der Waals surface area contributed by atoms with Crippen molar-refractivity contribution in [1.29, 1.82) is 0 Å². The van der Waals surface area contributed by atoms with Gasteiger partial charge in [-0.05, 0) is 24.6 Å². The lowest BCUT2D eigenvalue weighted by Crippen LogP contribution is -2.09. The summed E-state index contributed by atoms with van der Waals surface area (Å²) in [7, 11) is 0. The summed E-state index contributed by atoms with van der Waals surface area (Å²) in [6, 6.07) is 5.94. The van der Waals surface area contributed by atoms with Gasteiger partial charge in [-0.15, -0.1) is 0 Å². The fourth-order valence-corrected chi connectivity index (χ4v) is 2.11. The monoisotopic (exact) mass is 279 g/mol. The molecule has 84 valence electrons. The van der Waals surface area contributed by atoms with Crippen LogP contribution >= 0.6 is 15.9 Å². The molecule has 2 rings (SSSR count). The lowest BCUT2D eigenvalue weighted by molar-refractivity contribution is 0.0929. The molecule has 0 spiro atoms. The zero-order valence-corrected chi connectivity index (χ0v) is 11.0. The minimum atomic E-state index is 0.0815. The Morgan fingerprint density at radius 3 is 2.94 bits per heavy atom. The van der Waals surface area contributed by atoms with Crippen molar-refractivity contribution in [3.63, 3.8) is 0 Å². The van der Waals surface area contributed by atoms with Gasteiger partial charge in [-0.1, -0.05) is 29.8 Å². The van der Waals surface area contributed by atoms with E-state index in [0.717, 1.165) is 27.4 Å². The lowest BCUT2D eigenvalue weighted by atomic mass is 9.97. The van der Waals surface area contributed by atoms with Crippen molar-refractivity contribution in [2.24, 2.45) is 5.92 Å². The van der Waals surface area contributed by atoms with Gasteiger partial charge in [0, 0.05) is 33.1 Å². The number of carbonyl (C=O) groups excluding carboxylic acids is 1. The van der Waals surface area contributed by atoms with Crippen LogP contribution in [-0.2, 0) is 0 Å². The predicted molar refractivity (Wildman–Crippen MR) is 69.8 cm³/mol. The third-order valence-corrected chi connectivity index (χ3v) is 3.46. The van der Waals surface area contributed by atoms with E-state index in [4.69, 9.17) is 0 Å². The van der Waals surface area contributed by atoms with Crippen LogP contribution in [0.5, 0.6) is 0 Å². The van der Waals surface area contributed by atoms with Gasteiger partial charge in [0.15, 0.2) is 5.78 Å². The zero-order valence-electron chi connectivity index (χ0n) is 9.38. The number of hydrogen-bond donors (Lipinski definition) is 1. The third-order valence-electron chi connectivity index (χ3n) is 2.97. The molecule has 0 saturated carbocycles. The fraction of sp³-hybridized carbons (Fsp3) is 0.308. The number of H-pyrrole nitrogens is 1. The molecule has 2 nitrogen and oxygen atoms in total. The van der Waals surface area contributed by atoms with Gasteiger partial charge in [-0.3, -0.25) is 4.79 Å². The molecular formula is C13H14BrNO. The summed E-state index contributed by atoms with van der Waals surface area (Å²) in [6.45, 7) is 4.01. The largest absolute Gasteiger partial charge is 0.360 e. The van der Waals surface area contributed by atoms with Gasteiger partial charge in [0.25, 0.3) is 0 Å². The number of hydrogen-bond acceptors (Lipinski definition) is 1. The second-order valence-corrected chi connectivity index (χ2v) is 4.98. The Bertz CT molecular complexity index is 530. The molecule has 16 heavy (non-hydrogen) atoms. The first-order chi connectivity index (χ1) is 7.63. The van der Waals surface area contributed by atoms with Gasteiger partial charge in [-0.25, -0.2) is 0 Å². The lowest BCUT2D eigenvalue weighted by Gasteiger charge is -2.05. The number of fused-ring (bicyclic) bond motifs is 1. The van der Waals surface area contributed by atoms with Crippen molar-refractivity contribution >= 4 is 32.6 Å². The molecule has 1 unspecified atom stereocenters. The Hall–Kier alpha value is -1.09. The second-order valence-electron chi connectivity index (χ2n) is 4.07. The van der Waals surface area contributed by atoms with Gasteiger partial charge in [0.05, 0.1) is 0 Å². The number of ketones is 1. The molecule has 0 aliphatic heterocycles. The van der Waals surface area contributed by atoms with Crippen LogP contribution < -0.4 is 0 Å². The Morgan fingerprint density at radius 2 is 2.25 bits per heavy atom. The number of rotatable bonds is 3. The highest BCUT2D eigenvalue weighted by Gasteiger charge is 2.17. The molecule has 1 aromatic carbocycles. The van der Waals surface area contributed by atoms with Gasteiger partial charge < -0.3 is 4.98 Å². The molecule has 0 aliphatic carbocycles. The highest BCUT2D eigenvalue weighted by molar-refractivity contribution is 9.10. The minimum Gasteiger partial charge on any atom is -0.360 e. The van der Waals surface area contributed by atoms with Crippen molar-refractivity contribution in [3.05, 3.63) is 34.4 Å². The first-order valence-electron chi connectivity index (χ1n) is 5.44. The number of nitrogens with one attached hydrogen (secondary N) is 1. The first kappa shape index (κ1) is 11.4. The molecule has 0 radical (unpaired) electrons. The van der Waals surface area contributed by atoms with Gasteiger partial charge >= 0.3 is 0 Å². The maximum absolute atomic E-state index is 12.1. The van der Waals surface area contributed by atoms with E-state index in [1.807, 2.05) is 38.2 Å². The van der Waals surface area contributed by atoms with E-state index >= 15 is 0 Å². The number of benzene rings is 1. The van der Waals surface area contributed by atoms with Crippen LogP contribution in [0.3, 0.4) is 0 Å². The van der Waals surface area contributed by atoms with Gasteiger partial charge in [-0.2, -0.15) is 0 Å². The van der Waals surface area contributed by atoms with Crippen LogP contribution in [-0.4, -0.2) is 10.8 Å². The van der Waals surface area contributed by atoms with Crippen molar-refractivity contribution in [2.75, 3.05) is 0 Å². The topological polar surface area (TPSA) is 32.9 Å².